The Labute approximate surface area is 260 Å². The Hall–Kier alpha value is -5.20. The molecule has 0 amide bonds. The Morgan fingerprint density at radius 2 is 1.48 bits per heavy atom. The van der Waals surface area contributed by atoms with Crippen molar-refractivity contribution in [1.29, 1.82) is 0 Å². The van der Waals surface area contributed by atoms with Crippen LogP contribution in [0.5, 0.6) is 0 Å². The Morgan fingerprint density at radius 1 is 0.727 bits per heavy atom. The van der Waals surface area contributed by atoms with Gasteiger partial charge in [0.2, 0.25) is 6.29 Å². The minimum absolute atomic E-state index is 0.0151. The maximum absolute atomic E-state index is 5.11. The summed E-state index contributed by atoms with van der Waals surface area (Å²) >= 11 is 1.87. The van der Waals surface area contributed by atoms with Gasteiger partial charge in [-0.15, -0.1) is 11.3 Å². The molecule has 3 atom stereocenters. The summed E-state index contributed by atoms with van der Waals surface area (Å²) in [4.78, 5) is 12.6. The largest absolute Gasteiger partial charge is 0.361 e. The average molecular weight is 588 g/mol. The van der Waals surface area contributed by atoms with Crippen molar-refractivity contribution >= 4 is 55.3 Å². The van der Waals surface area contributed by atoms with Crippen LogP contribution in [-0.2, 0) is 0 Å². The van der Waals surface area contributed by atoms with Crippen molar-refractivity contribution in [2.45, 2.75) is 24.3 Å². The van der Waals surface area contributed by atoms with Crippen LogP contribution in [0.2, 0.25) is 0 Å². The smallest absolute Gasteiger partial charge is 0.216 e. The van der Waals surface area contributed by atoms with Gasteiger partial charge in [0.05, 0.1) is 28.0 Å². The molecule has 6 heteroatoms. The van der Waals surface area contributed by atoms with Gasteiger partial charge in [-0.3, -0.25) is 0 Å². The summed E-state index contributed by atoms with van der Waals surface area (Å²) in [6, 6.07) is 34.5. The fourth-order valence-electron chi connectivity index (χ4n) is 6.89. The van der Waals surface area contributed by atoms with Crippen molar-refractivity contribution in [3.05, 3.63) is 156 Å². The zero-order chi connectivity index (χ0) is 29.0. The summed E-state index contributed by atoms with van der Waals surface area (Å²) in [7, 11) is 0. The van der Waals surface area contributed by atoms with Crippen molar-refractivity contribution in [3.63, 3.8) is 0 Å². The highest BCUT2D eigenvalue weighted by Gasteiger charge is 2.42. The van der Waals surface area contributed by atoms with Crippen molar-refractivity contribution in [1.82, 2.24) is 10.6 Å². The lowest BCUT2D eigenvalue weighted by Crippen LogP contribution is -2.41. The molecule has 44 heavy (non-hydrogen) atoms. The first-order valence-electron chi connectivity index (χ1n) is 15.1. The van der Waals surface area contributed by atoms with Crippen molar-refractivity contribution in [2.75, 3.05) is 4.90 Å². The lowest BCUT2D eigenvalue weighted by atomic mass is 9.91. The van der Waals surface area contributed by atoms with Crippen LogP contribution in [-0.4, -0.2) is 24.8 Å². The van der Waals surface area contributed by atoms with Crippen LogP contribution in [0.4, 0.5) is 5.69 Å². The van der Waals surface area contributed by atoms with Gasteiger partial charge < -0.3 is 15.5 Å². The number of thiophene rings is 1. The molecule has 0 fully saturated rings. The third kappa shape index (κ3) is 4.06. The molecule has 212 valence electrons. The van der Waals surface area contributed by atoms with Gasteiger partial charge in [0.15, 0.2) is 0 Å². The summed E-state index contributed by atoms with van der Waals surface area (Å²) in [5.41, 5.74) is 6.94. The van der Waals surface area contributed by atoms with Crippen LogP contribution in [0.25, 0.3) is 25.9 Å². The second-order valence-corrected chi connectivity index (χ2v) is 12.6. The van der Waals surface area contributed by atoms with Crippen LogP contribution >= 0.6 is 11.3 Å². The molecule has 0 radical (unpaired) electrons. The normalized spacial score (nSPS) is 23.5. The maximum Gasteiger partial charge on any atom is 0.216 e. The molecule has 3 unspecified atom stereocenters. The Kier molecular flexibility index (Phi) is 5.87. The Balaban J connectivity index is 1.10. The minimum atomic E-state index is -0.349. The summed E-state index contributed by atoms with van der Waals surface area (Å²) in [6.45, 7) is 0. The van der Waals surface area contributed by atoms with E-state index >= 15 is 0 Å². The van der Waals surface area contributed by atoms with E-state index in [1.165, 1.54) is 37.0 Å². The highest BCUT2D eigenvalue weighted by molar-refractivity contribution is 7.26. The summed E-state index contributed by atoms with van der Waals surface area (Å²) < 4.78 is 2.62. The van der Waals surface area contributed by atoms with E-state index in [-0.39, 0.29) is 24.3 Å². The summed E-state index contributed by atoms with van der Waals surface area (Å²) in [5, 5.41) is 9.95. The second-order valence-electron chi connectivity index (χ2n) is 11.5. The van der Waals surface area contributed by atoms with Gasteiger partial charge in [0.25, 0.3) is 0 Å². The van der Waals surface area contributed by atoms with Gasteiger partial charge in [0.1, 0.15) is 5.82 Å². The molecule has 1 aromatic heterocycles. The van der Waals surface area contributed by atoms with Crippen LogP contribution in [0.3, 0.4) is 0 Å². The number of benzene rings is 4. The van der Waals surface area contributed by atoms with E-state index in [1.54, 1.807) is 0 Å². The molecule has 0 saturated carbocycles. The molecular formula is C38H29N5S. The minimum Gasteiger partial charge on any atom is -0.361 e. The fourth-order valence-corrected chi connectivity index (χ4v) is 8.15. The van der Waals surface area contributed by atoms with Gasteiger partial charge in [-0.1, -0.05) is 115 Å². The Bertz CT molecular complexity index is 2090. The topological polar surface area (TPSA) is 52.0 Å². The van der Waals surface area contributed by atoms with E-state index in [4.69, 9.17) is 9.98 Å². The predicted octanol–water partition coefficient (Wildman–Crippen LogP) is 8.08. The van der Waals surface area contributed by atoms with Crippen LogP contribution in [0.15, 0.2) is 149 Å². The number of allylic oxidation sites excluding steroid dienone is 3. The third-order valence-corrected chi connectivity index (χ3v) is 10.2. The summed E-state index contributed by atoms with van der Waals surface area (Å²) in [6.07, 6.45) is 14.8. The monoisotopic (exact) mass is 587 g/mol. The standard InChI is InChI=1S/C38H29N5S/c1-3-11-24(12-4-1)31-21-32(25-13-5-2-6-14-25)42-37(41-31)26-22-39-38(40-23-26)43-33-17-9-7-15-27(33)29-19-20-30-28-16-8-10-18-34(28)44-36(30)35(29)43/h1-23,27,31,33,38,41-42H. The lowest BCUT2D eigenvalue weighted by Gasteiger charge is -2.33. The number of hydrogen-bond acceptors (Lipinski definition) is 6. The van der Waals surface area contributed by atoms with Gasteiger partial charge in [-0.25, -0.2) is 9.98 Å². The summed E-state index contributed by atoms with van der Waals surface area (Å²) in [5.74, 6) is 1.18. The van der Waals surface area contributed by atoms with Gasteiger partial charge in [0, 0.05) is 39.5 Å². The van der Waals surface area contributed by atoms with Crippen LogP contribution in [0, 0.1) is 0 Å². The van der Waals surface area contributed by atoms with Crippen LogP contribution in [0.1, 0.15) is 28.7 Å². The molecule has 2 N–H and O–H groups in total. The first-order valence-corrected chi connectivity index (χ1v) is 15.9. The SMILES string of the molecule is C1=CC2c3ccc4c(sc5ccccc54)c3N(C3N=CC(=C4NC(c5ccccc5)=CC(c5ccccc5)N4)C=N3)C2C=C1. The Morgan fingerprint density at radius 3 is 2.32 bits per heavy atom. The first-order chi connectivity index (χ1) is 21.8. The second kappa shape index (κ2) is 10.2. The molecule has 0 saturated heterocycles. The van der Waals surface area contributed by atoms with Crippen LogP contribution < -0.4 is 15.5 Å². The molecule has 4 heterocycles. The average Bonchev–Trinajstić information content (AvgIpc) is 3.65. The molecule has 4 aliphatic rings. The lowest BCUT2D eigenvalue weighted by molar-refractivity contribution is 0.582. The number of aliphatic imine (C=N–C) groups is 2. The van der Waals surface area contributed by atoms with E-state index in [0.717, 1.165) is 22.7 Å². The molecule has 9 rings (SSSR count). The number of nitrogens with zero attached hydrogens (tertiary/aromatic N) is 3. The highest BCUT2D eigenvalue weighted by Crippen LogP contribution is 2.52. The number of fused-ring (bicyclic) bond motifs is 7. The molecule has 4 aromatic carbocycles. The molecular weight excluding hydrogens is 559 g/mol. The van der Waals surface area contributed by atoms with Gasteiger partial charge >= 0.3 is 0 Å². The van der Waals surface area contributed by atoms with E-state index in [2.05, 4.69) is 137 Å². The van der Waals surface area contributed by atoms with E-state index in [0.29, 0.717) is 0 Å². The molecule has 3 aliphatic heterocycles. The highest BCUT2D eigenvalue weighted by atomic mass is 32.1. The molecule has 1 aliphatic carbocycles. The molecule has 0 bridgehead atoms. The zero-order valence-corrected chi connectivity index (χ0v) is 24.7. The number of hydrogen-bond donors (Lipinski definition) is 2. The fraction of sp³-hybridized carbons (Fsp3) is 0.105. The van der Waals surface area contributed by atoms with E-state index in [9.17, 15) is 0 Å². The first kappa shape index (κ1) is 25.3. The molecule has 5 nitrogen and oxygen atoms in total. The molecule has 5 aromatic rings. The number of nitrogens with one attached hydrogen (secondary N) is 2. The quantitative estimate of drug-likeness (QED) is 0.224. The maximum atomic E-state index is 5.11. The number of anilines is 1. The van der Waals surface area contributed by atoms with Crippen molar-refractivity contribution < 1.29 is 0 Å². The van der Waals surface area contributed by atoms with Crippen molar-refractivity contribution in [3.8, 4) is 0 Å². The van der Waals surface area contributed by atoms with E-state index in [1.807, 2.05) is 29.8 Å². The van der Waals surface area contributed by atoms with Gasteiger partial charge in [-0.05, 0) is 28.8 Å². The van der Waals surface area contributed by atoms with Gasteiger partial charge in [-0.2, -0.15) is 0 Å². The third-order valence-electron chi connectivity index (χ3n) is 8.96. The predicted molar refractivity (Wildman–Crippen MR) is 184 cm³/mol. The number of rotatable bonds is 3. The zero-order valence-electron chi connectivity index (χ0n) is 23.8. The van der Waals surface area contributed by atoms with Crippen molar-refractivity contribution in [2.24, 2.45) is 9.98 Å². The van der Waals surface area contributed by atoms with E-state index < -0.39 is 0 Å². The molecule has 0 spiro atoms.